The minimum atomic E-state index is -0.250. The van der Waals surface area contributed by atoms with Crippen LogP contribution in [0.5, 0.6) is 0 Å². The second-order valence-electron chi connectivity index (χ2n) is 4.39. The molecule has 3 rings (SSSR count). The van der Waals surface area contributed by atoms with Crippen LogP contribution < -0.4 is 5.56 Å². The molecule has 21 heavy (non-hydrogen) atoms. The van der Waals surface area contributed by atoms with E-state index in [9.17, 15) is 4.79 Å². The summed E-state index contributed by atoms with van der Waals surface area (Å²) in [4.78, 5) is 15.4. The molecule has 0 unspecified atom stereocenters. The fraction of sp³-hybridized carbons (Fsp3) is 0. The number of aromatic amines is 1. The molecular formula is C15H10ClN3OS. The lowest BCUT2D eigenvalue weighted by atomic mass is 10.2. The van der Waals surface area contributed by atoms with Crippen LogP contribution in [0, 0.1) is 4.77 Å². The van der Waals surface area contributed by atoms with Crippen LogP contribution in [0.25, 0.3) is 10.9 Å². The molecule has 1 N–H and O–H groups in total. The van der Waals surface area contributed by atoms with Crippen LogP contribution in [0.2, 0.25) is 5.02 Å². The first-order chi connectivity index (χ1) is 10.1. The highest BCUT2D eigenvalue weighted by Crippen LogP contribution is 2.08. The summed E-state index contributed by atoms with van der Waals surface area (Å²) in [6.45, 7) is 0. The van der Waals surface area contributed by atoms with Crippen molar-refractivity contribution in [3.8, 4) is 0 Å². The molecule has 4 nitrogen and oxygen atoms in total. The molecular weight excluding hydrogens is 306 g/mol. The van der Waals surface area contributed by atoms with E-state index >= 15 is 0 Å². The van der Waals surface area contributed by atoms with Crippen molar-refractivity contribution in [1.29, 1.82) is 0 Å². The molecule has 0 aliphatic rings. The van der Waals surface area contributed by atoms with E-state index in [1.807, 2.05) is 18.2 Å². The number of hydrogen-bond donors (Lipinski definition) is 1. The van der Waals surface area contributed by atoms with Gasteiger partial charge in [-0.1, -0.05) is 35.9 Å². The van der Waals surface area contributed by atoms with Crippen LogP contribution in [-0.2, 0) is 0 Å². The Labute approximate surface area is 130 Å². The Morgan fingerprint density at radius 3 is 2.62 bits per heavy atom. The molecule has 3 aromatic rings. The smallest absolute Gasteiger partial charge is 0.282 e. The van der Waals surface area contributed by atoms with Crippen LogP contribution in [0.15, 0.2) is 58.4 Å². The predicted molar refractivity (Wildman–Crippen MR) is 87.8 cm³/mol. The van der Waals surface area contributed by atoms with Crippen LogP contribution >= 0.6 is 23.8 Å². The quantitative estimate of drug-likeness (QED) is 0.580. The van der Waals surface area contributed by atoms with Gasteiger partial charge in [0.15, 0.2) is 0 Å². The Morgan fingerprint density at radius 2 is 1.86 bits per heavy atom. The third-order valence-electron chi connectivity index (χ3n) is 2.98. The maximum atomic E-state index is 12.4. The maximum Gasteiger partial charge on any atom is 0.282 e. The van der Waals surface area contributed by atoms with Crippen molar-refractivity contribution < 1.29 is 0 Å². The van der Waals surface area contributed by atoms with Crippen molar-refractivity contribution in [2.75, 3.05) is 0 Å². The van der Waals surface area contributed by atoms with E-state index in [-0.39, 0.29) is 10.3 Å². The molecule has 0 amide bonds. The molecule has 0 aliphatic heterocycles. The number of fused-ring (bicyclic) bond motifs is 1. The van der Waals surface area contributed by atoms with Gasteiger partial charge in [-0.2, -0.15) is 9.78 Å². The highest BCUT2D eigenvalue weighted by Gasteiger charge is 2.03. The first-order valence-electron chi connectivity index (χ1n) is 6.19. The number of H-pyrrole nitrogens is 1. The van der Waals surface area contributed by atoms with Crippen molar-refractivity contribution in [2.45, 2.75) is 0 Å². The molecule has 2 aromatic carbocycles. The lowest BCUT2D eigenvalue weighted by Crippen LogP contribution is -2.18. The molecule has 0 radical (unpaired) electrons. The van der Waals surface area contributed by atoms with Crippen molar-refractivity contribution in [3.63, 3.8) is 0 Å². The van der Waals surface area contributed by atoms with Crippen molar-refractivity contribution in [2.24, 2.45) is 5.10 Å². The monoisotopic (exact) mass is 315 g/mol. The van der Waals surface area contributed by atoms with Gasteiger partial charge in [-0.05, 0) is 42.0 Å². The second-order valence-corrected chi connectivity index (χ2v) is 5.21. The highest BCUT2D eigenvalue weighted by molar-refractivity contribution is 7.71. The number of hydrogen-bond acceptors (Lipinski definition) is 3. The third-order valence-corrected chi connectivity index (χ3v) is 3.50. The zero-order chi connectivity index (χ0) is 14.8. The number of nitrogens with one attached hydrogen (secondary N) is 1. The number of aromatic nitrogens is 2. The number of rotatable bonds is 2. The van der Waals surface area contributed by atoms with Gasteiger partial charge in [0.1, 0.15) is 0 Å². The van der Waals surface area contributed by atoms with E-state index < -0.39 is 0 Å². The summed E-state index contributed by atoms with van der Waals surface area (Å²) in [6.07, 6.45) is 1.57. The van der Waals surface area contributed by atoms with E-state index in [1.54, 1.807) is 36.5 Å². The van der Waals surface area contributed by atoms with Crippen LogP contribution in [0.3, 0.4) is 0 Å². The fourth-order valence-electron chi connectivity index (χ4n) is 1.93. The molecule has 0 aliphatic carbocycles. The van der Waals surface area contributed by atoms with E-state index in [2.05, 4.69) is 10.1 Å². The van der Waals surface area contributed by atoms with Gasteiger partial charge in [-0.3, -0.25) is 4.79 Å². The van der Waals surface area contributed by atoms with Crippen LogP contribution in [0.1, 0.15) is 5.56 Å². The van der Waals surface area contributed by atoms with Gasteiger partial charge in [0.2, 0.25) is 4.77 Å². The van der Waals surface area contributed by atoms with E-state index in [0.29, 0.717) is 15.9 Å². The Morgan fingerprint density at radius 1 is 1.14 bits per heavy atom. The van der Waals surface area contributed by atoms with Gasteiger partial charge in [0.25, 0.3) is 5.56 Å². The number of halogens is 1. The van der Waals surface area contributed by atoms with Crippen molar-refractivity contribution >= 4 is 40.9 Å². The topological polar surface area (TPSA) is 50.1 Å². The second kappa shape index (κ2) is 5.63. The van der Waals surface area contributed by atoms with E-state index in [0.717, 1.165) is 5.56 Å². The van der Waals surface area contributed by atoms with Gasteiger partial charge < -0.3 is 4.98 Å². The van der Waals surface area contributed by atoms with Gasteiger partial charge >= 0.3 is 0 Å². The Hall–Kier alpha value is -2.24. The lowest BCUT2D eigenvalue weighted by Gasteiger charge is -2.02. The predicted octanol–water partition coefficient (Wildman–Crippen LogP) is 3.59. The Kier molecular flexibility index (Phi) is 3.68. The van der Waals surface area contributed by atoms with Gasteiger partial charge in [0, 0.05) is 5.02 Å². The van der Waals surface area contributed by atoms with Crippen molar-refractivity contribution in [1.82, 2.24) is 9.66 Å². The molecule has 0 bridgehead atoms. The van der Waals surface area contributed by atoms with Crippen LogP contribution in [-0.4, -0.2) is 15.9 Å². The Balaban J connectivity index is 2.10. The van der Waals surface area contributed by atoms with Gasteiger partial charge in [-0.15, -0.1) is 0 Å². The molecule has 0 saturated heterocycles. The standard InChI is InChI=1S/C15H10ClN3OS/c16-11-7-5-10(6-8-11)9-17-19-14(20)12-3-1-2-4-13(12)18-15(19)21/h1-9H,(H,18,21)/b17-9+. The zero-order valence-electron chi connectivity index (χ0n) is 10.8. The SMILES string of the molecule is O=c1c2ccccc2[nH]c(=S)n1/N=C/c1ccc(Cl)cc1. The van der Waals surface area contributed by atoms with E-state index in [1.165, 1.54) is 4.68 Å². The first-order valence-corrected chi connectivity index (χ1v) is 6.98. The summed E-state index contributed by atoms with van der Waals surface area (Å²) < 4.78 is 1.43. The van der Waals surface area contributed by atoms with Crippen LogP contribution in [0.4, 0.5) is 0 Å². The molecule has 1 heterocycles. The first kappa shape index (κ1) is 13.7. The number of benzene rings is 2. The molecule has 1 aromatic heterocycles. The minimum Gasteiger partial charge on any atom is -0.330 e. The van der Waals surface area contributed by atoms with E-state index in [4.69, 9.17) is 23.8 Å². The number of nitrogens with zero attached hydrogens (tertiary/aromatic N) is 2. The molecule has 0 atom stereocenters. The minimum absolute atomic E-state index is 0.250. The summed E-state index contributed by atoms with van der Waals surface area (Å²) in [7, 11) is 0. The normalized spacial score (nSPS) is 11.3. The van der Waals surface area contributed by atoms with Gasteiger partial charge in [0.05, 0.1) is 17.1 Å². The highest BCUT2D eigenvalue weighted by atomic mass is 35.5. The third kappa shape index (κ3) is 2.79. The molecule has 0 spiro atoms. The summed E-state index contributed by atoms with van der Waals surface area (Å²) in [5.41, 5.74) is 1.28. The largest absolute Gasteiger partial charge is 0.330 e. The summed E-state index contributed by atoms with van der Waals surface area (Å²) in [6, 6.07) is 14.3. The summed E-state index contributed by atoms with van der Waals surface area (Å²) in [5, 5.41) is 5.34. The summed E-state index contributed by atoms with van der Waals surface area (Å²) >= 11 is 11.0. The number of para-hydroxylation sites is 1. The molecule has 6 heteroatoms. The average molecular weight is 316 g/mol. The Bertz CT molecular complexity index is 942. The fourth-order valence-corrected chi connectivity index (χ4v) is 2.30. The molecule has 0 fully saturated rings. The average Bonchev–Trinajstić information content (AvgIpc) is 2.49. The van der Waals surface area contributed by atoms with Crippen molar-refractivity contribution in [3.05, 3.63) is 74.2 Å². The summed E-state index contributed by atoms with van der Waals surface area (Å²) in [5.74, 6) is 0. The van der Waals surface area contributed by atoms with Gasteiger partial charge in [-0.25, -0.2) is 0 Å². The zero-order valence-corrected chi connectivity index (χ0v) is 12.4. The molecule has 104 valence electrons. The maximum absolute atomic E-state index is 12.4. The molecule has 0 saturated carbocycles. The lowest BCUT2D eigenvalue weighted by molar-refractivity contribution is 0.800.